The van der Waals surface area contributed by atoms with Crippen LogP contribution in [0, 0.1) is 0 Å². The predicted molar refractivity (Wildman–Crippen MR) is 77.9 cm³/mol. The summed E-state index contributed by atoms with van der Waals surface area (Å²) in [6.45, 7) is 2.02. The van der Waals surface area contributed by atoms with Gasteiger partial charge in [0.05, 0.1) is 6.42 Å². The molecule has 0 aliphatic heterocycles. The number of carbonyl (C=O) groups is 3. The molecule has 0 bridgehead atoms. The van der Waals surface area contributed by atoms with E-state index in [0.717, 1.165) is 0 Å². The van der Waals surface area contributed by atoms with E-state index in [2.05, 4.69) is 10.6 Å². The molecule has 0 aliphatic rings. The number of benzene rings is 1. The first kappa shape index (κ1) is 16.7. The minimum atomic E-state index is -0.945. The maximum absolute atomic E-state index is 11.7. The van der Waals surface area contributed by atoms with Gasteiger partial charge >= 0.3 is 5.97 Å². The van der Waals surface area contributed by atoms with Crippen molar-refractivity contribution in [1.82, 2.24) is 10.6 Å². The molecule has 3 N–H and O–H groups in total. The van der Waals surface area contributed by atoms with Crippen molar-refractivity contribution in [3.8, 4) is 0 Å². The summed E-state index contributed by atoms with van der Waals surface area (Å²) in [7, 11) is 0. The number of hydrogen-bond acceptors (Lipinski definition) is 3. The Morgan fingerprint density at radius 1 is 1.19 bits per heavy atom. The van der Waals surface area contributed by atoms with Crippen molar-refractivity contribution in [2.45, 2.75) is 32.2 Å². The molecule has 6 heteroatoms. The van der Waals surface area contributed by atoms with Gasteiger partial charge in [0.2, 0.25) is 5.91 Å². The van der Waals surface area contributed by atoms with E-state index in [1.165, 1.54) is 0 Å². The Labute approximate surface area is 123 Å². The van der Waals surface area contributed by atoms with Gasteiger partial charge in [-0.05, 0) is 18.6 Å². The molecule has 0 aliphatic carbocycles. The lowest BCUT2D eigenvalue weighted by Gasteiger charge is -2.14. The molecule has 1 aromatic carbocycles. The van der Waals surface area contributed by atoms with Crippen LogP contribution in [0.5, 0.6) is 0 Å². The average Bonchev–Trinajstić information content (AvgIpc) is 2.46. The molecule has 0 radical (unpaired) electrons. The summed E-state index contributed by atoms with van der Waals surface area (Å²) in [6.07, 6.45) is 0.571. The van der Waals surface area contributed by atoms with Gasteiger partial charge in [-0.25, -0.2) is 0 Å². The van der Waals surface area contributed by atoms with E-state index < -0.39 is 5.97 Å². The number of hydrogen-bond donors (Lipinski definition) is 3. The van der Waals surface area contributed by atoms with Gasteiger partial charge in [0, 0.05) is 24.6 Å². The van der Waals surface area contributed by atoms with Crippen LogP contribution in [0.15, 0.2) is 30.3 Å². The fraction of sp³-hybridized carbons (Fsp3) is 0.400. The smallest absolute Gasteiger partial charge is 0.305 e. The summed E-state index contributed by atoms with van der Waals surface area (Å²) in [4.78, 5) is 34.0. The van der Waals surface area contributed by atoms with E-state index in [1.807, 2.05) is 13.0 Å². The molecule has 0 saturated carbocycles. The summed E-state index contributed by atoms with van der Waals surface area (Å²) < 4.78 is 0. The molecule has 1 rings (SSSR count). The first-order chi connectivity index (χ1) is 10.0. The third kappa shape index (κ3) is 6.56. The number of carboxylic acid groups (broad SMARTS) is 1. The number of nitrogens with one attached hydrogen (secondary N) is 2. The maximum Gasteiger partial charge on any atom is 0.305 e. The Morgan fingerprint density at radius 2 is 1.86 bits per heavy atom. The molecule has 1 unspecified atom stereocenters. The molecule has 0 heterocycles. The van der Waals surface area contributed by atoms with Gasteiger partial charge in [-0.15, -0.1) is 0 Å². The minimum Gasteiger partial charge on any atom is -0.481 e. The zero-order valence-corrected chi connectivity index (χ0v) is 12.0. The molecule has 21 heavy (non-hydrogen) atoms. The summed E-state index contributed by atoms with van der Waals surface area (Å²) in [6, 6.07) is 8.35. The molecular weight excluding hydrogens is 272 g/mol. The van der Waals surface area contributed by atoms with Crippen LogP contribution < -0.4 is 10.6 Å². The van der Waals surface area contributed by atoms with Gasteiger partial charge in [0.15, 0.2) is 0 Å². The van der Waals surface area contributed by atoms with Gasteiger partial charge in [-0.2, -0.15) is 0 Å². The summed E-state index contributed by atoms with van der Waals surface area (Å²) in [5.74, 6) is -1.45. The first-order valence-corrected chi connectivity index (χ1v) is 6.87. The molecule has 0 fully saturated rings. The van der Waals surface area contributed by atoms with Crippen molar-refractivity contribution in [3.63, 3.8) is 0 Å². The highest BCUT2D eigenvalue weighted by molar-refractivity contribution is 5.94. The van der Waals surface area contributed by atoms with Gasteiger partial charge in [0.1, 0.15) is 0 Å². The molecule has 6 nitrogen and oxygen atoms in total. The van der Waals surface area contributed by atoms with E-state index in [0.29, 0.717) is 12.0 Å². The molecule has 0 aromatic heterocycles. The second-order valence-electron chi connectivity index (χ2n) is 4.64. The Morgan fingerprint density at radius 3 is 2.43 bits per heavy atom. The molecule has 1 atom stereocenters. The van der Waals surface area contributed by atoms with E-state index in [4.69, 9.17) is 5.11 Å². The van der Waals surface area contributed by atoms with Gasteiger partial charge < -0.3 is 15.7 Å². The highest BCUT2D eigenvalue weighted by Crippen LogP contribution is 1.99. The van der Waals surface area contributed by atoms with Crippen molar-refractivity contribution < 1.29 is 19.5 Å². The van der Waals surface area contributed by atoms with Crippen molar-refractivity contribution in [2.24, 2.45) is 0 Å². The lowest BCUT2D eigenvalue weighted by molar-refractivity contribution is -0.137. The summed E-state index contributed by atoms with van der Waals surface area (Å²) >= 11 is 0. The molecule has 114 valence electrons. The van der Waals surface area contributed by atoms with Crippen LogP contribution in [0.1, 0.15) is 36.5 Å². The lowest BCUT2D eigenvalue weighted by atomic mass is 10.1. The summed E-state index contributed by atoms with van der Waals surface area (Å²) in [5.41, 5.74) is 0.537. The number of aliphatic carboxylic acids is 1. The zero-order valence-electron chi connectivity index (χ0n) is 12.0. The Bertz CT molecular complexity index is 488. The highest BCUT2D eigenvalue weighted by atomic mass is 16.4. The predicted octanol–water partition coefficient (Wildman–Crippen LogP) is 1.18. The van der Waals surface area contributed by atoms with Crippen LogP contribution in [0.3, 0.4) is 0 Å². The average molecular weight is 292 g/mol. The van der Waals surface area contributed by atoms with Gasteiger partial charge in [-0.3, -0.25) is 14.4 Å². The maximum atomic E-state index is 11.7. The highest BCUT2D eigenvalue weighted by Gasteiger charge is 2.14. The van der Waals surface area contributed by atoms with E-state index in [-0.39, 0.29) is 37.2 Å². The van der Waals surface area contributed by atoms with Crippen molar-refractivity contribution >= 4 is 17.8 Å². The SMILES string of the molecule is CCC(CC(=O)O)NC(=O)CCNC(=O)c1ccccc1. The van der Waals surface area contributed by atoms with Crippen molar-refractivity contribution in [2.75, 3.05) is 6.54 Å². The monoisotopic (exact) mass is 292 g/mol. The van der Waals surface area contributed by atoms with Crippen molar-refractivity contribution in [1.29, 1.82) is 0 Å². The molecule has 0 spiro atoms. The van der Waals surface area contributed by atoms with Gasteiger partial charge in [0.25, 0.3) is 5.91 Å². The largest absolute Gasteiger partial charge is 0.481 e. The third-order valence-corrected chi connectivity index (χ3v) is 2.95. The molecule has 2 amide bonds. The second-order valence-corrected chi connectivity index (χ2v) is 4.64. The third-order valence-electron chi connectivity index (χ3n) is 2.95. The van der Waals surface area contributed by atoms with E-state index >= 15 is 0 Å². The van der Waals surface area contributed by atoms with Crippen LogP contribution in [-0.2, 0) is 9.59 Å². The first-order valence-electron chi connectivity index (χ1n) is 6.87. The van der Waals surface area contributed by atoms with Gasteiger partial charge in [-0.1, -0.05) is 25.1 Å². The number of amides is 2. The Hall–Kier alpha value is -2.37. The van der Waals surface area contributed by atoms with Crippen LogP contribution in [0.25, 0.3) is 0 Å². The number of carboxylic acids is 1. The number of rotatable bonds is 8. The minimum absolute atomic E-state index is 0.0986. The number of carbonyl (C=O) groups excluding carboxylic acids is 2. The zero-order chi connectivity index (χ0) is 15.7. The molecule has 1 aromatic rings. The van der Waals surface area contributed by atoms with Crippen LogP contribution >= 0.6 is 0 Å². The van der Waals surface area contributed by atoms with Crippen LogP contribution in [-0.4, -0.2) is 35.5 Å². The summed E-state index contributed by atoms with van der Waals surface area (Å²) in [5, 5.41) is 14.0. The van der Waals surface area contributed by atoms with Crippen LogP contribution in [0.4, 0.5) is 0 Å². The lowest BCUT2D eigenvalue weighted by Crippen LogP contribution is -2.38. The normalized spacial score (nSPS) is 11.5. The van der Waals surface area contributed by atoms with E-state index in [1.54, 1.807) is 24.3 Å². The van der Waals surface area contributed by atoms with Crippen LogP contribution in [0.2, 0.25) is 0 Å². The molecular formula is C15H20N2O4. The molecule has 0 saturated heterocycles. The fourth-order valence-corrected chi connectivity index (χ4v) is 1.79. The standard InChI is InChI=1S/C15H20N2O4/c1-2-12(10-14(19)20)17-13(18)8-9-16-15(21)11-6-4-3-5-7-11/h3-7,12H,2,8-10H2,1H3,(H,16,21)(H,17,18)(H,19,20). The second kappa shape index (κ2) is 8.73. The quantitative estimate of drug-likeness (QED) is 0.670. The van der Waals surface area contributed by atoms with E-state index in [9.17, 15) is 14.4 Å². The fourth-order valence-electron chi connectivity index (χ4n) is 1.79. The van der Waals surface area contributed by atoms with Crippen molar-refractivity contribution in [3.05, 3.63) is 35.9 Å². The topological polar surface area (TPSA) is 95.5 Å². The Kier molecular flexibility index (Phi) is 6.94. The Balaban J connectivity index is 2.30.